The quantitative estimate of drug-likeness (QED) is 0.572. The monoisotopic (exact) mass is 193 g/mol. The molecule has 0 atom stereocenters. The van der Waals surface area contributed by atoms with Crippen LogP contribution in [0.25, 0.3) is 0 Å². The third-order valence-corrected chi connectivity index (χ3v) is 1.76. The van der Waals surface area contributed by atoms with E-state index < -0.39 is 0 Å². The van der Waals surface area contributed by atoms with Gasteiger partial charge in [0.2, 0.25) is 6.08 Å². The third-order valence-electron chi connectivity index (χ3n) is 1.76. The molecule has 0 fully saturated rings. The fourth-order valence-electron chi connectivity index (χ4n) is 1.04. The van der Waals surface area contributed by atoms with E-state index in [1.54, 1.807) is 12.1 Å². The van der Waals surface area contributed by atoms with Gasteiger partial charge in [0.05, 0.1) is 0 Å². The smallest absolute Gasteiger partial charge is 0.231 e. The minimum Gasteiger partial charge on any atom is -0.508 e. The Morgan fingerprint density at radius 1 is 1.36 bits per heavy atom. The van der Waals surface area contributed by atoms with E-state index >= 15 is 0 Å². The van der Waals surface area contributed by atoms with E-state index in [1.165, 1.54) is 18.4 Å². The van der Waals surface area contributed by atoms with Crippen LogP contribution in [0.3, 0.4) is 0 Å². The molecular weight excluding hydrogens is 178 g/mol. The lowest BCUT2D eigenvalue weighted by molar-refractivity contribution is 0.475. The molecule has 3 nitrogen and oxygen atoms in total. The topological polar surface area (TPSA) is 61.1 Å². The molecule has 14 heavy (non-hydrogen) atoms. The normalized spacial score (nSPS) is 8.36. The number of isocyanates is 1. The lowest BCUT2D eigenvalue weighted by atomic mass is 10.1. The predicted octanol–water partition coefficient (Wildman–Crippen LogP) is 2.64. The highest BCUT2D eigenvalue weighted by atomic mass is 16.3. The summed E-state index contributed by atoms with van der Waals surface area (Å²) in [5.41, 5.74) is 1.31. The zero-order valence-corrected chi connectivity index (χ0v) is 8.29. The summed E-state index contributed by atoms with van der Waals surface area (Å²) in [5.74, 6) is 0.352. The maximum Gasteiger partial charge on any atom is 0.231 e. The van der Waals surface area contributed by atoms with Crippen molar-refractivity contribution in [1.82, 2.24) is 0 Å². The number of aryl methyl sites for hydroxylation is 1. The van der Waals surface area contributed by atoms with Crippen molar-refractivity contribution in [3.8, 4) is 5.75 Å². The van der Waals surface area contributed by atoms with E-state index in [4.69, 9.17) is 15.3 Å². The number of unbranched alkanes of at least 4 members (excludes halogenated alkanes) is 1. The largest absolute Gasteiger partial charge is 0.508 e. The van der Waals surface area contributed by atoms with Crippen LogP contribution in [0.4, 0.5) is 0 Å². The number of rotatable bonds is 3. The summed E-state index contributed by atoms with van der Waals surface area (Å²) < 4.78 is 0. The van der Waals surface area contributed by atoms with Crippen molar-refractivity contribution in [2.75, 3.05) is 0 Å². The van der Waals surface area contributed by atoms with Crippen molar-refractivity contribution in [3.63, 3.8) is 0 Å². The summed E-state index contributed by atoms with van der Waals surface area (Å²) in [4.78, 5) is 8.35. The molecule has 0 saturated carbocycles. The van der Waals surface area contributed by atoms with E-state index in [-0.39, 0.29) is 0 Å². The van der Waals surface area contributed by atoms with Crippen molar-refractivity contribution < 1.29 is 9.90 Å². The molecule has 3 heteroatoms. The molecule has 0 aliphatic carbocycles. The van der Waals surface area contributed by atoms with Crippen molar-refractivity contribution in [2.24, 2.45) is 0 Å². The van der Waals surface area contributed by atoms with Gasteiger partial charge in [-0.05, 0) is 30.5 Å². The van der Waals surface area contributed by atoms with Crippen LogP contribution in [-0.2, 0) is 11.2 Å². The Kier molecular flexibility index (Phi) is 7.10. The van der Waals surface area contributed by atoms with Gasteiger partial charge < -0.3 is 5.11 Å². The standard InChI is InChI=1S/C10H14O.CHNO/c1-2-3-4-9-5-7-10(11)8-6-9;2-1-3/h5-8,11H,2-4H2,1H3;2H. The first-order valence-electron chi connectivity index (χ1n) is 4.56. The van der Waals surface area contributed by atoms with Gasteiger partial charge in [0.15, 0.2) is 0 Å². The number of hydrogen-bond donors (Lipinski definition) is 2. The molecule has 0 unspecified atom stereocenters. The van der Waals surface area contributed by atoms with Crippen LogP contribution >= 0.6 is 0 Å². The number of aromatic hydroxyl groups is 1. The fraction of sp³-hybridized carbons (Fsp3) is 0.364. The molecular formula is C11H15NO2. The number of carbonyl (C=O) groups excluding carboxylic acids is 1. The Labute approximate surface area is 83.9 Å². The maximum absolute atomic E-state index is 8.98. The number of benzene rings is 1. The first kappa shape index (κ1) is 12.4. The number of phenols is 1. The summed E-state index contributed by atoms with van der Waals surface area (Å²) in [6.07, 6.45) is 4.32. The summed E-state index contributed by atoms with van der Waals surface area (Å²) >= 11 is 0. The molecule has 1 aromatic carbocycles. The first-order valence-corrected chi connectivity index (χ1v) is 4.56. The Morgan fingerprint density at radius 2 is 1.86 bits per heavy atom. The van der Waals surface area contributed by atoms with Crippen LogP contribution in [0.15, 0.2) is 24.3 Å². The van der Waals surface area contributed by atoms with Gasteiger partial charge in [-0.2, -0.15) is 0 Å². The summed E-state index contributed by atoms with van der Waals surface area (Å²) in [5, 5.41) is 14.4. The molecule has 1 aromatic rings. The molecule has 0 heterocycles. The molecule has 0 bridgehead atoms. The Bertz CT molecular complexity index is 274. The van der Waals surface area contributed by atoms with Crippen molar-refractivity contribution in [1.29, 1.82) is 5.41 Å². The predicted molar refractivity (Wildman–Crippen MR) is 55.1 cm³/mol. The van der Waals surface area contributed by atoms with Gasteiger partial charge in [-0.25, -0.2) is 10.2 Å². The van der Waals surface area contributed by atoms with E-state index in [0.29, 0.717) is 5.75 Å². The van der Waals surface area contributed by atoms with E-state index in [2.05, 4.69) is 6.92 Å². The molecule has 0 saturated heterocycles. The summed E-state index contributed by atoms with van der Waals surface area (Å²) in [7, 11) is 0. The van der Waals surface area contributed by atoms with Crippen molar-refractivity contribution in [3.05, 3.63) is 29.8 Å². The SMILES string of the molecule is CCCCc1ccc(O)cc1.N=C=O. The van der Waals surface area contributed by atoms with Gasteiger partial charge >= 0.3 is 0 Å². The molecule has 2 N–H and O–H groups in total. The van der Waals surface area contributed by atoms with Gasteiger partial charge in [0, 0.05) is 0 Å². The van der Waals surface area contributed by atoms with Gasteiger partial charge in [-0.1, -0.05) is 25.5 Å². The zero-order valence-electron chi connectivity index (χ0n) is 8.29. The molecule has 0 aliphatic heterocycles. The van der Waals surface area contributed by atoms with Crippen molar-refractivity contribution in [2.45, 2.75) is 26.2 Å². The Balaban J connectivity index is 0.000000500. The van der Waals surface area contributed by atoms with Crippen LogP contribution in [0, 0.1) is 5.41 Å². The average molecular weight is 193 g/mol. The van der Waals surface area contributed by atoms with E-state index in [1.807, 2.05) is 12.1 Å². The zero-order chi connectivity index (χ0) is 10.8. The third kappa shape index (κ3) is 5.98. The highest BCUT2D eigenvalue weighted by molar-refractivity contribution is 5.26. The molecule has 0 amide bonds. The number of hydrogen-bond acceptors (Lipinski definition) is 3. The van der Waals surface area contributed by atoms with Gasteiger partial charge in [0.1, 0.15) is 5.75 Å². The molecule has 0 aromatic heterocycles. The van der Waals surface area contributed by atoms with Crippen molar-refractivity contribution >= 4 is 6.08 Å². The second kappa shape index (κ2) is 8.02. The van der Waals surface area contributed by atoms with Crippen LogP contribution < -0.4 is 0 Å². The number of nitrogens with one attached hydrogen (secondary N) is 1. The Morgan fingerprint density at radius 3 is 2.29 bits per heavy atom. The summed E-state index contributed by atoms with van der Waals surface area (Å²) in [6, 6.07) is 7.44. The molecule has 76 valence electrons. The Hall–Kier alpha value is -1.60. The maximum atomic E-state index is 8.98. The van der Waals surface area contributed by atoms with Gasteiger partial charge in [-0.3, -0.25) is 0 Å². The second-order valence-corrected chi connectivity index (χ2v) is 2.87. The minimum absolute atomic E-state index is 0.352. The molecule has 0 radical (unpaired) electrons. The lowest BCUT2D eigenvalue weighted by Crippen LogP contribution is -1.82. The summed E-state index contributed by atoms with van der Waals surface area (Å²) in [6.45, 7) is 2.18. The van der Waals surface area contributed by atoms with E-state index in [9.17, 15) is 0 Å². The number of phenolic OH excluding ortho intramolecular Hbond substituents is 1. The lowest BCUT2D eigenvalue weighted by Gasteiger charge is -1.98. The highest BCUT2D eigenvalue weighted by Crippen LogP contribution is 2.11. The van der Waals surface area contributed by atoms with E-state index in [0.717, 1.165) is 12.5 Å². The van der Waals surface area contributed by atoms with Gasteiger partial charge in [0.25, 0.3) is 0 Å². The van der Waals surface area contributed by atoms with Crippen LogP contribution in [-0.4, -0.2) is 11.2 Å². The molecule has 0 spiro atoms. The molecule has 1 rings (SSSR count). The molecule has 0 aliphatic rings. The van der Waals surface area contributed by atoms with Gasteiger partial charge in [-0.15, -0.1) is 0 Å². The first-order chi connectivity index (χ1) is 6.74. The second-order valence-electron chi connectivity index (χ2n) is 2.87. The van der Waals surface area contributed by atoms with Crippen LogP contribution in [0.2, 0.25) is 0 Å². The van der Waals surface area contributed by atoms with Crippen LogP contribution in [0.1, 0.15) is 25.3 Å². The average Bonchev–Trinajstić information content (AvgIpc) is 2.18. The minimum atomic E-state index is 0.352. The fourth-order valence-corrected chi connectivity index (χ4v) is 1.04. The van der Waals surface area contributed by atoms with Crippen LogP contribution in [0.5, 0.6) is 5.75 Å². The highest BCUT2D eigenvalue weighted by Gasteiger charge is 1.91.